The second-order valence-corrected chi connectivity index (χ2v) is 8.09. The van der Waals surface area contributed by atoms with Crippen molar-refractivity contribution in [2.45, 2.75) is 0 Å². The van der Waals surface area contributed by atoms with Gasteiger partial charge in [-0.1, -0.05) is 17.8 Å². The van der Waals surface area contributed by atoms with Crippen LogP contribution in [0.4, 0.5) is 0 Å². The Morgan fingerprint density at radius 3 is 2.67 bits per heavy atom. The van der Waals surface area contributed by atoms with Gasteiger partial charge in [0, 0.05) is 45.2 Å². The van der Waals surface area contributed by atoms with Crippen LogP contribution in [0.25, 0.3) is 0 Å². The van der Waals surface area contributed by atoms with E-state index in [0.717, 1.165) is 29.7 Å². The maximum absolute atomic E-state index is 12.8. The first-order valence-electron chi connectivity index (χ1n) is 8.59. The molecule has 1 fully saturated rings. The number of amides is 1. The summed E-state index contributed by atoms with van der Waals surface area (Å²) in [7, 11) is 3.31. The third-order valence-corrected chi connectivity index (χ3v) is 6.39. The number of aromatic nitrogens is 2. The van der Waals surface area contributed by atoms with E-state index in [9.17, 15) is 4.79 Å². The molecule has 0 aromatic carbocycles. The number of thioether (sulfide) groups is 1. The predicted molar refractivity (Wildman–Crippen MR) is 108 cm³/mol. The number of hydrogen-bond acceptors (Lipinski definition) is 8. The highest BCUT2D eigenvalue weighted by Crippen LogP contribution is 2.23. The van der Waals surface area contributed by atoms with Crippen LogP contribution in [-0.2, 0) is 7.05 Å². The van der Waals surface area contributed by atoms with Gasteiger partial charge in [0.1, 0.15) is 5.56 Å². The molecule has 0 radical (unpaired) electrons. The Morgan fingerprint density at radius 2 is 2.04 bits per heavy atom. The number of nitrogens with zero attached hydrogens (tertiary/aromatic N) is 6. The SMILES string of the molecule is COc1nn(C)cc1C(=O)N1CCN(C2=NN=C(c3cccs3)CS2)CC1. The molecule has 142 valence electrons. The van der Waals surface area contributed by atoms with Gasteiger partial charge in [0.25, 0.3) is 5.91 Å². The van der Waals surface area contributed by atoms with Gasteiger partial charge in [-0.25, -0.2) is 0 Å². The van der Waals surface area contributed by atoms with Crippen LogP contribution in [-0.4, -0.2) is 75.4 Å². The molecule has 1 saturated heterocycles. The Bertz CT molecular complexity index is 881. The van der Waals surface area contributed by atoms with Gasteiger partial charge in [0.15, 0.2) is 5.17 Å². The number of piperazine rings is 1. The molecule has 2 aromatic rings. The minimum absolute atomic E-state index is 0.0455. The lowest BCUT2D eigenvalue weighted by Crippen LogP contribution is -2.50. The Labute approximate surface area is 165 Å². The van der Waals surface area contributed by atoms with Crippen molar-refractivity contribution in [1.29, 1.82) is 0 Å². The Hall–Kier alpha value is -2.33. The Kier molecular flexibility index (Phi) is 5.17. The molecule has 0 bridgehead atoms. The summed E-state index contributed by atoms with van der Waals surface area (Å²) in [5.41, 5.74) is 1.53. The van der Waals surface area contributed by atoms with Crippen molar-refractivity contribution in [3.05, 3.63) is 34.2 Å². The van der Waals surface area contributed by atoms with Crippen molar-refractivity contribution < 1.29 is 9.53 Å². The van der Waals surface area contributed by atoms with Crippen LogP contribution in [0.3, 0.4) is 0 Å². The van der Waals surface area contributed by atoms with E-state index in [1.807, 2.05) is 11.0 Å². The van der Waals surface area contributed by atoms with Crippen LogP contribution in [0.15, 0.2) is 33.9 Å². The van der Waals surface area contributed by atoms with Gasteiger partial charge in [0.05, 0.1) is 17.7 Å². The van der Waals surface area contributed by atoms with Crippen LogP contribution in [0.2, 0.25) is 0 Å². The summed E-state index contributed by atoms with van der Waals surface area (Å²) in [6, 6.07) is 4.10. The van der Waals surface area contributed by atoms with E-state index in [1.54, 1.807) is 41.0 Å². The number of methoxy groups -OCH3 is 1. The van der Waals surface area contributed by atoms with Crippen molar-refractivity contribution in [3.63, 3.8) is 0 Å². The summed E-state index contributed by atoms with van der Waals surface area (Å²) in [5, 5.41) is 16.0. The first-order chi connectivity index (χ1) is 13.2. The van der Waals surface area contributed by atoms with E-state index in [4.69, 9.17) is 4.74 Å². The summed E-state index contributed by atoms with van der Waals surface area (Å²) < 4.78 is 6.81. The normalized spacial score (nSPS) is 17.6. The maximum atomic E-state index is 12.8. The summed E-state index contributed by atoms with van der Waals surface area (Å²) >= 11 is 3.39. The number of amidine groups is 1. The molecular weight excluding hydrogens is 384 g/mol. The number of aryl methyl sites for hydroxylation is 1. The van der Waals surface area contributed by atoms with Crippen molar-refractivity contribution in [1.82, 2.24) is 19.6 Å². The van der Waals surface area contributed by atoms with E-state index in [2.05, 4.69) is 31.6 Å². The smallest absolute Gasteiger partial charge is 0.261 e. The van der Waals surface area contributed by atoms with Gasteiger partial charge < -0.3 is 14.5 Å². The Balaban J connectivity index is 1.38. The molecule has 0 N–H and O–H groups in total. The first kappa shape index (κ1) is 18.1. The van der Waals surface area contributed by atoms with Gasteiger partial charge in [-0.3, -0.25) is 9.48 Å². The zero-order valence-corrected chi connectivity index (χ0v) is 16.8. The quantitative estimate of drug-likeness (QED) is 0.779. The molecule has 4 heterocycles. The predicted octanol–water partition coefficient (Wildman–Crippen LogP) is 1.76. The second kappa shape index (κ2) is 7.73. The number of thiophene rings is 1. The van der Waals surface area contributed by atoms with Crippen LogP contribution < -0.4 is 4.74 Å². The third kappa shape index (κ3) is 3.72. The highest BCUT2D eigenvalue weighted by atomic mass is 32.2. The fourth-order valence-electron chi connectivity index (χ4n) is 3.05. The molecule has 27 heavy (non-hydrogen) atoms. The number of rotatable bonds is 3. The molecular formula is C17H20N6O2S2. The molecule has 2 aliphatic heterocycles. The minimum Gasteiger partial charge on any atom is -0.479 e. The molecule has 0 atom stereocenters. The largest absolute Gasteiger partial charge is 0.479 e. The van der Waals surface area contributed by atoms with Gasteiger partial charge >= 0.3 is 0 Å². The van der Waals surface area contributed by atoms with Crippen molar-refractivity contribution in [2.75, 3.05) is 39.0 Å². The molecule has 10 heteroatoms. The lowest BCUT2D eigenvalue weighted by molar-refractivity contribution is 0.0690. The molecule has 8 nitrogen and oxygen atoms in total. The molecule has 0 spiro atoms. The molecule has 2 aliphatic rings. The highest BCUT2D eigenvalue weighted by Gasteiger charge is 2.28. The van der Waals surface area contributed by atoms with Crippen LogP contribution in [0, 0.1) is 0 Å². The van der Waals surface area contributed by atoms with Gasteiger partial charge in [-0.2, -0.15) is 5.10 Å². The summed E-state index contributed by atoms with van der Waals surface area (Å²) in [6.07, 6.45) is 1.70. The zero-order valence-electron chi connectivity index (χ0n) is 15.2. The lowest BCUT2D eigenvalue weighted by atomic mass is 10.2. The maximum Gasteiger partial charge on any atom is 0.261 e. The van der Waals surface area contributed by atoms with Crippen molar-refractivity contribution >= 4 is 39.9 Å². The summed E-state index contributed by atoms with van der Waals surface area (Å²) in [4.78, 5) is 18.0. The number of ether oxygens (including phenoxy) is 1. The standard InChI is InChI=1S/C17H20N6O2S2/c1-21-10-12(15(20-21)25-2)16(24)22-5-7-23(8-6-22)17-19-18-13(11-27-17)14-4-3-9-26-14/h3-4,9-10H,5-8,11H2,1-2H3. The van der Waals surface area contributed by atoms with E-state index in [1.165, 1.54) is 12.0 Å². The number of carbonyl (C=O) groups excluding carboxylic acids is 1. The van der Waals surface area contributed by atoms with Crippen LogP contribution >= 0.6 is 23.1 Å². The lowest BCUT2D eigenvalue weighted by Gasteiger charge is -2.36. The third-order valence-electron chi connectivity index (χ3n) is 4.46. The van der Waals surface area contributed by atoms with E-state index < -0.39 is 0 Å². The minimum atomic E-state index is -0.0455. The molecule has 4 rings (SSSR count). The topological polar surface area (TPSA) is 75.3 Å². The van der Waals surface area contributed by atoms with Gasteiger partial charge in [-0.15, -0.1) is 21.5 Å². The molecule has 0 saturated carbocycles. The zero-order chi connectivity index (χ0) is 18.8. The molecule has 2 aromatic heterocycles. The van der Waals surface area contributed by atoms with E-state index in [0.29, 0.717) is 24.5 Å². The van der Waals surface area contributed by atoms with Crippen molar-refractivity contribution in [2.24, 2.45) is 17.3 Å². The number of hydrogen-bond donors (Lipinski definition) is 0. The summed E-state index contributed by atoms with van der Waals surface area (Å²) in [6.45, 7) is 2.75. The van der Waals surface area contributed by atoms with Gasteiger partial charge in [-0.05, 0) is 11.4 Å². The van der Waals surface area contributed by atoms with E-state index >= 15 is 0 Å². The molecule has 1 amide bonds. The molecule has 0 aliphatic carbocycles. The fraction of sp³-hybridized carbons (Fsp3) is 0.412. The Morgan fingerprint density at radius 1 is 1.22 bits per heavy atom. The first-order valence-corrected chi connectivity index (χ1v) is 10.5. The fourth-order valence-corrected chi connectivity index (χ4v) is 4.79. The van der Waals surface area contributed by atoms with Crippen molar-refractivity contribution in [3.8, 4) is 5.88 Å². The monoisotopic (exact) mass is 404 g/mol. The van der Waals surface area contributed by atoms with E-state index in [-0.39, 0.29) is 5.91 Å². The van der Waals surface area contributed by atoms with Crippen LogP contribution in [0.1, 0.15) is 15.2 Å². The average molecular weight is 405 g/mol. The van der Waals surface area contributed by atoms with Gasteiger partial charge in [0.2, 0.25) is 5.88 Å². The second-order valence-electron chi connectivity index (χ2n) is 6.20. The average Bonchev–Trinajstić information content (AvgIpc) is 3.37. The summed E-state index contributed by atoms with van der Waals surface area (Å²) in [5.74, 6) is 1.15. The highest BCUT2D eigenvalue weighted by molar-refractivity contribution is 8.14. The van der Waals surface area contributed by atoms with Crippen LogP contribution in [0.5, 0.6) is 5.88 Å². The molecule has 0 unspecified atom stereocenters. The number of carbonyl (C=O) groups is 1.